The fraction of sp³-hybridized carbons (Fsp3) is 0.111. The number of hydrogen-bond donors (Lipinski definition) is 1. The van der Waals surface area contributed by atoms with Crippen molar-refractivity contribution in [3.05, 3.63) is 39.4 Å². The molecule has 0 unspecified atom stereocenters. The summed E-state index contributed by atoms with van der Waals surface area (Å²) >= 11 is 0. The molecule has 0 bridgehead atoms. The van der Waals surface area contributed by atoms with Crippen molar-refractivity contribution in [2.45, 2.75) is 0 Å². The van der Waals surface area contributed by atoms with Crippen LogP contribution in [0.15, 0.2) is 23.3 Å². The fourth-order valence-electron chi connectivity index (χ4n) is 1.14. The number of nitro groups is 1. The number of methoxy groups -OCH3 is 1. The molecule has 16 heavy (non-hydrogen) atoms. The maximum absolute atomic E-state index is 11.2. The largest absolute Gasteiger partial charge is 0.465 e. The number of hydrazone groups is 1. The molecule has 0 saturated carbocycles. The zero-order valence-corrected chi connectivity index (χ0v) is 8.41. The van der Waals surface area contributed by atoms with E-state index in [4.69, 9.17) is 5.84 Å². The second kappa shape index (κ2) is 4.87. The zero-order valence-electron chi connectivity index (χ0n) is 8.41. The van der Waals surface area contributed by atoms with Gasteiger partial charge in [-0.2, -0.15) is 5.10 Å². The molecule has 0 saturated heterocycles. The van der Waals surface area contributed by atoms with Crippen molar-refractivity contribution in [2.24, 2.45) is 10.9 Å². The Balaban J connectivity index is 3.29. The Kier molecular flexibility index (Phi) is 3.54. The van der Waals surface area contributed by atoms with Gasteiger partial charge in [-0.3, -0.25) is 10.1 Å². The maximum Gasteiger partial charge on any atom is 0.338 e. The fourth-order valence-corrected chi connectivity index (χ4v) is 1.14. The normalized spacial score (nSPS) is 10.3. The van der Waals surface area contributed by atoms with Gasteiger partial charge in [-0.05, 0) is 6.07 Å². The summed E-state index contributed by atoms with van der Waals surface area (Å²) in [7, 11) is 1.19. The lowest BCUT2D eigenvalue weighted by molar-refractivity contribution is -0.384. The van der Waals surface area contributed by atoms with Crippen LogP contribution in [0.4, 0.5) is 5.69 Å². The first-order valence-electron chi connectivity index (χ1n) is 4.19. The summed E-state index contributed by atoms with van der Waals surface area (Å²) in [5.74, 6) is 4.27. The molecule has 0 aliphatic carbocycles. The molecule has 7 heteroatoms. The van der Waals surface area contributed by atoms with Crippen LogP contribution in [-0.4, -0.2) is 24.2 Å². The minimum Gasteiger partial charge on any atom is -0.465 e. The zero-order chi connectivity index (χ0) is 12.1. The monoisotopic (exact) mass is 223 g/mol. The van der Waals surface area contributed by atoms with Gasteiger partial charge < -0.3 is 10.6 Å². The predicted octanol–water partition coefficient (Wildman–Crippen LogP) is 0.674. The molecule has 0 atom stereocenters. The number of nitro benzene ring substituents is 1. The second-order valence-corrected chi connectivity index (χ2v) is 2.84. The molecule has 0 heterocycles. The number of nitrogens with two attached hydrogens (primary N) is 1. The number of carbonyl (C=O) groups is 1. The molecule has 1 rings (SSSR count). The van der Waals surface area contributed by atoms with Gasteiger partial charge in [-0.15, -0.1) is 0 Å². The first kappa shape index (κ1) is 11.6. The summed E-state index contributed by atoms with van der Waals surface area (Å²) < 4.78 is 4.47. The third-order valence-corrected chi connectivity index (χ3v) is 1.80. The van der Waals surface area contributed by atoms with Gasteiger partial charge in [0.15, 0.2) is 0 Å². The Morgan fingerprint density at radius 3 is 2.75 bits per heavy atom. The van der Waals surface area contributed by atoms with Crippen LogP contribution in [0.5, 0.6) is 0 Å². The Hall–Kier alpha value is -2.44. The number of ether oxygens (including phenoxy) is 1. The van der Waals surface area contributed by atoms with Crippen molar-refractivity contribution in [3.63, 3.8) is 0 Å². The third-order valence-electron chi connectivity index (χ3n) is 1.80. The topological polar surface area (TPSA) is 108 Å². The van der Waals surface area contributed by atoms with E-state index < -0.39 is 10.9 Å². The van der Waals surface area contributed by atoms with Crippen molar-refractivity contribution in [3.8, 4) is 0 Å². The van der Waals surface area contributed by atoms with Gasteiger partial charge in [0, 0.05) is 17.7 Å². The number of hydrogen-bond acceptors (Lipinski definition) is 6. The molecule has 0 radical (unpaired) electrons. The van der Waals surface area contributed by atoms with E-state index in [1.54, 1.807) is 0 Å². The average molecular weight is 223 g/mol. The molecular weight excluding hydrogens is 214 g/mol. The van der Waals surface area contributed by atoms with Gasteiger partial charge in [0.05, 0.1) is 23.8 Å². The molecule has 84 valence electrons. The van der Waals surface area contributed by atoms with Crippen LogP contribution in [0.1, 0.15) is 15.9 Å². The van der Waals surface area contributed by atoms with Crippen molar-refractivity contribution in [2.75, 3.05) is 7.11 Å². The summed E-state index contributed by atoms with van der Waals surface area (Å²) in [4.78, 5) is 21.2. The van der Waals surface area contributed by atoms with Gasteiger partial charge in [0.25, 0.3) is 5.69 Å². The van der Waals surface area contributed by atoms with E-state index in [1.807, 2.05) is 0 Å². The van der Waals surface area contributed by atoms with Gasteiger partial charge in [-0.1, -0.05) is 0 Å². The van der Waals surface area contributed by atoms with Crippen LogP contribution in [0.2, 0.25) is 0 Å². The minimum absolute atomic E-state index is 0.0756. The third kappa shape index (κ3) is 2.53. The van der Waals surface area contributed by atoms with E-state index in [-0.39, 0.29) is 11.3 Å². The first-order valence-corrected chi connectivity index (χ1v) is 4.19. The van der Waals surface area contributed by atoms with Crippen molar-refractivity contribution < 1.29 is 14.5 Å². The standard InChI is InChI=1S/C9H9N3O4/c1-16-9(13)7-2-6(5-11-10)3-8(4-7)12(14)15/h2-5H,10H2,1H3. The molecule has 0 fully saturated rings. The molecular formula is C9H9N3O4. The van der Waals surface area contributed by atoms with Crippen molar-refractivity contribution >= 4 is 17.9 Å². The quantitative estimate of drug-likeness (QED) is 0.266. The lowest BCUT2D eigenvalue weighted by atomic mass is 10.1. The lowest BCUT2D eigenvalue weighted by Crippen LogP contribution is -2.03. The Morgan fingerprint density at radius 1 is 1.56 bits per heavy atom. The molecule has 0 amide bonds. The number of benzene rings is 1. The summed E-state index contributed by atoms with van der Waals surface area (Å²) in [5, 5.41) is 13.8. The maximum atomic E-state index is 11.2. The smallest absolute Gasteiger partial charge is 0.338 e. The number of nitrogens with zero attached hydrogens (tertiary/aromatic N) is 2. The number of rotatable bonds is 3. The van der Waals surface area contributed by atoms with Gasteiger partial charge in [0.1, 0.15) is 0 Å². The molecule has 0 aliphatic heterocycles. The van der Waals surface area contributed by atoms with E-state index in [9.17, 15) is 14.9 Å². The SMILES string of the molecule is COC(=O)c1cc(C=NN)cc([N+](=O)[O-])c1. The van der Waals surface area contributed by atoms with Crippen LogP contribution < -0.4 is 5.84 Å². The van der Waals surface area contributed by atoms with Crippen LogP contribution in [0.25, 0.3) is 0 Å². The van der Waals surface area contributed by atoms with Gasteiger partial charge in [0.2, 0.25) is 0 Å². The molecule has 7 nitrogen and oxygen atoms in total. The summed E-state index contributed by atoms with van der Waals surface area (Å²) in [5.41, 5.74) is 0.210. The number of carbonyl (C=O) groups excluding carboxylic acids is 1. The van der Waals surface area contributed by atoms with Crippen molar-refractivity contribution in [1.29, 1.82) is 0 Å². The van der Waals surface area contributed by atoms with E-state index in [2.05, 4.69) is 9.84 Å². The highest BCUT2D eigenvalue weighted by molar-refractivity contribution is 5.93. The predicted molar refractivity (Wildman–Crippen MR) is 56.2 cm³/mol. The van der Waals surface area contributed by atoms with Crippen LogP contribution in [0, 0.1) is 10.1 Å². The highest BCUT2D eigenvalue weighted by Crippen LogP contribution is 2.16. The molecule has 0 aromatic heterocycles. The second-order valence-electron chi connectivity index (χ2n) is 2.84. The minimum atomic E-state index is -0.657. The van der Waals surface area contributed by atoms with E-state index >= 15 is 0 Å². The van der Waals surface area contributed by atoms with E-state index in [0.29, 0.717) is 5.56 Å². The Bertz CT molecular complexity index is 456. The average Bonchev–Trinajstić information content (AvgIpc) is 2.28. The van der Waals surface area contributed by atoms with E-state index in [1.165, 1.54) is 25.5 Å². The van der Waals surface area contributed by atoms with E-state index in [0.717, 1.165) is 6.07 Å². The lowest BCUT2D eigenvalue weighted by Gasteiger charge is -2.00. The highest BCUT2D eigenvalue weighted by atomic mass is 16.6. The van der Waals surface area contributed by atoms with Crippen molar-refractivity contribution in [1.82, 2.24) is 0 Å². The molecule has 1 aromatic carbocycles. The molecule has 1 aromatic rings. The van der Waals surface area contributed by atoms with Crippen LogP contribution in [-0.2, 0) is 4.74 Å². The molecule has 0 spiro atoms. The summed E-state index contributed by atoms with van der Waals surface area (Å²) in [6.45, 7) is 0. The van der Waals surface area contributed by atoms with Gasteiger partial charge >= 0.3 is 5.97 Å². The Labute approximate surface area is 90.7 Å². The molecule has 2 N–H and O–H groups in total. The first-order chi connectivity index (χ1) is 7.58. The summed E-state index contributed by atoms with van der Waals surface area (Å²) in [6, 6.07) is 3.78. The van der Waals surface area contributed by atoms with Crippen LogP contribution >= 0.6 is 0 Å². The molecule has 0 aliphatic rings. The number of esters is 1. The highest BCUT2D eigenvalue weighted by Gasteiger charge is 2.13. The Morgan fingerprint density at radius 2 is 2.25 bits per heavy atom. The number of non-ortho nitro benzene ring substituents is 1. The van der Waals surface area contributed by atoms with Gasteiger partial charge in [-0.25, -0.2) is 4.79 Å². The summed E-state index contributed by atoms with van der Waals surface area (Å²) in [6.07, 6.45) is 1.21. The van der Waals surface area contributed by atoms with Crippen LogP contribution in [0.3, 0.4) is 0 Å².